The Bertz CT molecular complexity index is 537. The van der Waals surface area contributed by atoms with Crippen LogP contribution in [-0.2, 0) is 6.42 Å². The number of nitrogen functional groups attached to an aromatic ring is 1. The molecule has 0 fully saturated rings. The molecule has 5 heteroatoms. The third kappa shape index (κ3) is 2.08. The van der Waals surface area contributed by atoms with Crippen molar-refractivity contribution in [1.82, 2.24) is 5.16 Å². The Kier molecular flexibility index (Phi) is 2.99. The van der Waals surface area contributed by atoms with Crippen LogP contribution >= 0.6 is 0 Å². The molecule has 0 amide bonds. The van der Waals surface area contributed by atoms with E-state index >= 15 is 0 Å². The molecule has 0 aliphatic rings. The zero-order valence-corrected chi connectivity index (χ0v) is 9.66. The molecule has 1 heterocycles. The number of aromatic nitrogens is 1. The second-order valence-electron chi connectivity index (χ2n) is 3.61. The molecule has 0 unspecified atom stereocenters. The van der Waals surface area contributed by atoms with Gasteiger partial charge in [-0.1, -0.05) is 12.1 Å². The molecule has 0 radical (unpaired) electrons. The van der Waals surface area contributed by atoms with Crippen LogP contribution in [0.1, 0.15) is 12.5 Å². The van der Waals surface area contributed by atoms with Crippen molar-refractivity contribution in [2.45, 2.75) is 13.3 Å². The average molecular weight is 236 g/mol. The summed E-state index contributed by atoms with van der Waals surface area (Å²) in [6.07, 6.45) is 0.566. The number of rotatable bonds is 3. The molecule has 2 N–H and O–H groups in total. The first kappa shape index (κ1) is 11.4. The zero-order valence-electron chi connectivity index (χ0n) is 9.66. The highest BCUT2D eigenvalue weighted by molar-refractivity contribution is 5.64. The summed E-state index contributed by atoms with van der Waals surface area (Å²) in [5, 5.41) is 3.74. The molecule has 0 bridgehead atoms. The second-order valence-corrected chi connectivity index (χ2v) is 3.61. The van der Waals surface area contributed by atoms with Crippen molar-refractivity contribution in [3.63, 3.8) is 0 Å². The van der Waals surface area contributed by atoms with E-state index in [0.717, 1.165) is 0 Å². The standard InChI is InChI=1S/C12H13FN2O2/c1-3-8-9(13)4-7(5-11(8)16-2)10-6-12(14)17-15-10/h4-6H,3,14H2,1-2H3. The lowest BCUT2D eigenvalue weighted by molar-refractivity contribution is 0.405. The quantitative estimate of drug-likeness (QED) is 0.889. The molecular weight excluding hydrogens is 223 g/mol. The number of nitrogens with two attached hydrogens (primary N) is 1. The van der Waals surface area contributed by atoms with E-state index in [9.17, 15) is 4.39 Å². The van der Waals surface area contributed by atoms with Crippen molar-refractivity contribution in [3.05, 3.63) is 29.6 Å². The van der Waals surface area contributed by atoms with E-state index in [2.05, 4.69) is 5.16 Å². The highest BCUT2D eigenvalue weighted by atomic mass is 19.1. The molecule has 4 nitrogen and oxygen atoms in total. The van der Waals surface area contributed by atoms with E-state index in [4.69, 9.17) is 15.0 Å². The maximum Gasteiger partial charge on any atom is 0.222 e. The van der Waals surface area contributed by atoms with Gasteiger partial charge in [-0.15, -0.1) is 0 Å². The molecule has 1 aromatic carbocycles. The summed E-state index contributed by atoms with van der Waals surface area (Å²) >= 11 is 0. The van der Waals surface area contributed by atoms with Gasteiger partial charge in [0.2, 0.25) is 5.88 Å². The molecule has 0 saturated carbocycles. The fourth-order valence-electron chi connectivity index (χ4n) is 1.71. The van der Waals surface area contributed by atoms with Crippen LogP contribution in [0.3, 0.4) is 0 Å². The van der Waals surface area contributed by atoms with E-state index in [1.165, 1.54) is 13.2 Å². The van der Waals surface area contributed by atoms with Gasteiger partial charge < -0.3 is 15.0 Å². The predicted molar refractivity (Wildman–Crippen MR) is 62.2 cm³/mol. The smallest absolute Gasteiger partial charge is 0.222 e. The Morgan fingerprint density at radius 3 is 2.71 bits per heavy atom. The normalized spacial score (nSPS) is 10.5. The van der Waals surface area contributed by atoms with Crippen LogP contribution in [0.25, 0.3) is 11.3 Å². The summed E-state index contributed by atoms with van der Waals surface area (Å²) in [5.41, 5.74) is 7.04. The number of benzene rings is 1. The number of halogens is 1. The van der Waals surface area contributed by atoms with Gasteiger partial charge in [-0.25, -0.2) is 4.39 Å². The Morgan fingerprint density at radius 1 is 1.41 bits per heavy atom. The van der Waals surface area contributed by atoms with Crippen LogP contribution in [0, 0.1) is 5.82 Å². The molecule has 0 aliphatic carbocycles. The first-order valence-electron chi connectivity index (χ1n) is 5.24. The van der Waals surface area contributed by atoms with Gasteiger partial charge in [-0.3, -0.25) is 0 Å². The first-order valence-corrected chi connectivity index (χ1v) is 5.24. The number of hydrogen-bond acceptors (Lipinski definition) is 4. The topological polar surface area (TPSA) is 61.3 Å². The highest BCUT2D eigenvalue weighted by Gasteiger charge is 2.13. The van der Waals surface area contributed by atoms with Crippen molar-refractivity contribution >= 4 is 5.88 Å². The fraction of sp³-hybridized carbons (Fsp3) is 0.250. The van der Waals surface area contributed by atoms with Gasteiger partial charge in [0.25, 0.3) is 0 Å². The van der Waals surface area contributed by atoms with Crippen molar-refractivity contribution < 1.29 is 13.7 Å². The van der Waals surface area contributed by atoms with Gasteiger partial charge >= 0.3 is 0 Å². The largest absolute Gasteiger partial charge is 0.496 e. The number of hydrogen-bond donors (Lipinski definition) is 1. The van der Waals surface area contributed by atoms with E-state index in [1.54, 1.807) is 12.1 Å². The molecule has 2 rings (SSSR count). The summed E-state index contributed by atoms with van der Waals surface area (Å²) in [6, 6.07) is 4.66. The summed E-state index contributed by atoms with van der Waals surface area (Å²) in [5.74, 6) is 0.381. The molecule has 0 saturated heterocycles. The van der Waals surface area contributed by atoms with Crippen LogP contribution < -0.4 is 10.5 Å². The van der Waals surface area contributed by atoms with Crippen molar-refractivity contribution in [3.8, 4) is 17.0 Å². The summed E-state index contributed by atoms with van der Waals surface area (Å²) in [4.78, 5) is 0. The maximum atomic E-state index is 13.8. The molecule has 0 aliphatic heterocycles. The molecule has 2 aromatic rings. The number of nitrogens with zero attached hydrogens (tertiary/aromatic N) is 1. The van der Waals surface area contributed by atoms with Crippen LogP contribution in [0.15, 0.2) is 22.7 Å². The van der Waals surface area contributed by atoms with Crippen LogP contribution in [0.5, 0.6) is 5.75 Å². The summed E-state index contributed by atoms with van der Waals surface area (Å²) in [6.45, 7) is 1.87. The Balaban J connectivity index is 2.53. The average Bonchev–Trinajstić information content (AvgIpc) is 2.74. The molecular formula is C12H13FN2O2. The molecule has 17 heavy (non-hydrogen) atoms. The summed E-state index contributed by atoms with van der Waals surface area (Å²) < 4.78 is 23.7. The van der Waals surface area contributed by atoms with E-state index < -0.39 is 0 Å². The first-order chi connectivity index (χ1) is 8.15. The number of ether oxygens (including phenoxy) is 1. The monoisotopic (exact) mass is 236 g/mol. The van der Waals surface area contributed by atoms with Gasteiger partial charge in [-0.05, 0) is 18.6 Å². The Hall–Kier alpha value is -2.04. The SMILES string of the molecule is CCc1c(F)cc(-c2cc(N)on2)cc1OC. The highest BCUT2D eigenvalue weighted by Crippen LogP contribution is 2.30. The van der Waals surface area contributed by atoms with E-state index in [-0.39, 0.29) is 11.7 Å². The summed E-state index contributed by atoms with van der Waals surface area (Å²) in [7, 11) is 1.51. The van der Waals surface area contributed by atoms with Gasteiger partial charge in [0.05, 0.1) is 7.11 Å². The number of anilines is 1. The molecule has 0 atom stereocenters. The third-order valence-corrected chi connectivity index (χ3v) is 2.55. The van der Waals surface area contributed by atoms with Gasteiger partial charge in [-0.2, -0.15) is 0 Å². The van der Waals surface area contributed by atoms with Gasteiger partial charge in [0.15, 0.2) is 0 Å². The zero-order chi connectivity index (χ0) is 12.4. The lowest BCUT2D eigenvalue weighted by Gasteiger charge is -2.09. The third-order valence-electron chi connectivity index (χ3n) is 2.55. The van der Waals surface area contributed by atoms with E-state index in [1.807, 2.05) is 6.92 Å². The van der Waals surface area contributed by atoms with Gasteiger partial charge in [0, 0.05) is 17.2 Å². The Labute approximate surface area is 98.2 Å². The lowest BCUT2D eigenvalue weighted by Crippen LogP contribution is -1.96. The minimum absolute atomic E-state index is 0.193. The van der Waals surface area contributed by atoms with Gasteiger partial charge in [0.1, 0.15) is 17.3 Å². The van der Waals surface area contributed by atoms with Crippen LogP contribution in [-0.4, -0.2) is 12.3 Å². The maximum absolute atomic E-state index is 13.8. The second kappa shape index (κ2) is 4.45. The molecule has 1 aromatic heterocycles. The van der Waals surface area contributed by atoms with Crippen molar-refractivity contribution in [1.29, 1.82) is 0 Å². The predicted octanol–water partition coefficient (Wildman–Crippen LogP) is 2.63. The van der Waals surface area contributed by atoms with Crippen LogP contribution in [0.2, 0.25) is 0 Å². The molecule has 0 spiro atoms. The molecule has 90 valence electrons. The Morgan fingerprint density at radius 2 is 2.18 bits per heavy atom. The van der Waals surface area contributed by atoms with E-state index in [0.29, 0.717) is 29.0 Å². The lowest BCUT2D eigenvalue weighted by atomic mass is 10.1. The van der Waals surface area contributed by atoms with Crippen LogP contribution in [0.4, 0.5) is 10.3 Å². The minimum Gasteiger partial charge on any atom is -0.496 e. The van der Waals surface area contributed by atoms with Crippen molar-refractivity contribution in [2.75, 3.05) is 12.8 Å². The number of methoxy groups -OCH3 is 1. The fourth-order valence-corrected chi connectivity index (χ4v) is 1.71. The minimum atomic E-state index is -0.316. The van der Waals surface area contributed by atoms with Crippen molar-refractivity contribution in [2.24, 2.45) is 0 Å².